The van der Waals surface area contributed by atoms with E-state index >= 15 is 0 Å². The number of carboxylic acid groups (broad SMARTS) is 1. The van der Waals surface area contributed by atoms with E-state index in [0.717, 1.165) is 0 Å². The molecule has 0 saturated heterocycles. The van der Waals surface area contributed by atoms with Gasteiger partial charge in [-0.25, -0.2) is 4.79 Å². The molecule has 14 heavy (non-hydrogen) atoms. The Balaban J connectivity index is 2.40. The van der Waals surface area contributed by atoms with Crippen molar-refractivity contribution in [3.8, 4) is 0 Å². The summed E-state index contributed by atoms with van der Waals surface area (Å²) >= 11 is 0. The molecule has 4 heteroatoms. The monoisotopic (exact) mass is 196 g/mol. The van der Waals surface area contributed by atoms with E-state index in [4.69, 9.17) is 14.3 Å². The van der Waals surface area contributed by atoms with Gasteiger partial charge in [-0.1, -0.05) is 12.2 Å². The summed E-state index contributed by atoms with van der Waals surface area (Å²) in [5, 5.41) is 8.56. The molecule has 1 rings (SSSR count). The molecule has 4 nitrogen and oxygen atoms in total. The highest BCUT2D eigenvalue weighted by atomic mass is 16.5. The first kappa shape index (κ1) is 10.5. The second-order valence-corrected chi connectivity index (χ2v) is 2.66. The van der Waals surface area contributed by atoms with Crippen LogP contribution in [-0.4, -0.2) is 17.7 Å². The molecule has 1 N–H and O–H groups in total. The molecule has 0 aromatic carbocycles. The molecule has 0 aliphatic carbocycles. The van der Waals surface area contributed by atoms with E-state index in [9.17, 15) is 4.79 Å². The zero-order valence-corrected chi connectivity index (χ0v) is 7.90. The molecule has 76 valence electrons. The van der Waals surface area contributed by atoms with Crippen molar-refractivity contribution in [1.82, 2.24) is 0 Å². The van der Waals surface area contributed by atoms with E-state index < -0.39 is 5.97 Å². The molecule has 1 aromatic rings. The third-order valence-corrected chi connectivity index (χ3v) is 1.57. The zero-order valence-electron chi connectivity index (χ0n) is 7.90. The lowest BCUT2D eigenvalue weighted by Crippen LogP contribution is -1.93. The fraction of sp³-hybridized carbons (Fsp3) is 0.300. The topological polar surface area (TPSA) is 59.7 Å². The van der Waals surface area contributed by atoms with Crippen LogP contribution in [0.4, 0.5) is 0 Å². The Hall–Kier alpha value is -1.55. The molecule has 0 atom stereocenters. The van der Waals surface area contributed by atoms with Crippen LogP contribution in [0.25, 0.3) is 0 Å². The van der Waals surface area contributed by atoms with E-state index in [1.807, 2.05) is 19.1 Å². The third-order valence-electron chi connectivity index (χ3n) is 1.57. The summed E-state index contributed by atoms with van der Waals surface area (Å²) in [7, 11) is 0. The average Bonchev–Trinajstić information content (AvgIpc) is 2.61. The Morgan fingerprint density at radius 2 is 2.43 bits per heavy atom. The number of hydrogen-bond donors (Lipinski definition) is 1. The van der Waals surface area contributed by atoms with Crippen LogP contribution in [0.1, 0.15) is 23.2 Å². The lowest BCUT2D eigenvalue weighted by molar-refractivity contribution is 0.0652. The first-order chi connectivity index (χ1) is 6.74. The normalized spacial score (nSPS) is 10.9. The number of carboxylic acids is 1. The first-order valence-corrected chi connectivity index (χ1v) is 4.25. The van der Waals surface area contributed by atoms with E-state index in [1.54, 1.807) is 6.07 Å². The number of ether oxygens (including phenoxy) is 1. The Morgan fingerprint density at radius 3 is 3.00 bits per heavy atom. The van der Waals surface area contributed by atoms with Gasteiger partial charge in [0.15, 0.2) is 0 Å². The van der Waals surface area contributed by atoms with Gasteiger partial charge >= 0.3 is 5.97 Å². The quantitative estimate of drug-likeness (QED) is 0.578. The highest BCUT2D eigenvalue weighted by molar-refractivity contribution is 5.84. The maximum absolute atomic E-state index is 10.4. The minimum absolute atomic E-state index is 0.0605. The number of carbonyl (C=O) groups is 1. The summed E-state index contributed by atoms with van der Waals surface area (Å²) in [6.07, 6.45) is 3.74. The predicted molar refractivity (Wildman–Crippen MR) is 50.1 cm³/mol. The molecule has 1 aromatic heterocycles. The summed E-state index contributed by atoms with van der Waals surface area (Å²) in [5.41, 5.74) is 0. The van der Waals surface area contributed by atoms with Gasteiger partial charge in [0.2, 0.25) is 5.76 Å². The fourth-order valence-electron chi connectivity index (χ4n) is 0.894. The highest BCUT2D eigenvalue weighted by Crippen LogP contribution is 2.08. The molecule has 0 bridgehead atoms. The second-order valence-electron chi connectivity index (χ2n) is 2.66. The lowest BCUT2D eigenvalue weighted by atomic mass is 10.4. The predicted octanol–water partition coefficient (Wildman–Crippen LogP) is 2.07. The number of hydrogen-bond acceptors (Lipinski definition) is 3. The Labute approximate surface area is 81.8 Å². The molecule has 0 fully saturated rings. The van der Waals surface area contributed by atoms with Crippen LogP contribution < -0.4 is 0 Å². The van der Waals surface area contributed by atoms with Crippen LogP contribution in [-0.2, 0) is 11.3 Å². The van der Waals surface area contributed by atoms with E-state index in [-0.39, 0.29) is 12.4 Å². The molecular formula is C10H12O4. The molecule has 0 unspecified atom stereocenters. The van der Waals surface area contributed by atoms with Gasteiger partial charge in [-0.05, 0) is 19.1 Å². The Bertz CT molecular complexity index is 325. The highest BCUT2D eigenvalue weighted by Gasteiger charge is 2.08. The molecule has 1 heterocycles. The molecule has 0 saturated carbocycles. The SMILES string of the molecule is CC=CCOCc1ccc(C(=O)O)o1. The number of furan rings is 1. The van der Waals surface area contributed by atoms with Crippen molar-refractivity contribution in [3.05, 3.63) is 35.8 Å². The van der Waals surface area contributed by atoms with Gasteiger partial charge in [-0.2, -0.15) is 0 Å². The van der Waals surface area contributed by atoms with Crippen LogP contribution in [0.5, 0.6) is 0 Å². The molecule has 0 aliphatic rings. The molecule has 0 spiro atoms. The van der Waals surface area contributed by atoms with Gasteiger partial charge in [0.05, 0.1) is 6.61 Å². The van der Waals surface area contributed by atoms with Crippen LogP contribution in [0.15, 0.2) is 28.7 Å². The van der Waals surface area contributed by atoms with Crippen molar-refractivity contribution in [2.45, 2.75) is 13.5 Å². The summed E-state index contributed by atoms with van der Waals surface area (Å²) in [5.74, 6) is -0.605. The van der Waals surface area contributed by atoms with E-state index in [1.165, 1.54) is 6.07 Å². The van der Waals surface area contributed by atoms with Crippen LogP contribution in [0.3, 0.4) is 0 Å². The van der Waals surface area contributed by atoms with Crippen molar-refractivity contribution in [1.29, 1.82) is 0 Å². The van der Waals surface area contributed by atoms with Crippen molar-refractivity contribution < 1.29 is 19.1 Å². The molecule has 0 amide bonds. The minimum atomic E-state index is -1.07. The molecule has 0 aliphatic heterocycles. The summed E-state index contributed by atoms with van der Waals surface area (Å²) in [6, 6.07) is 3.01. The van der Waals surface area contributed by atoms with Crippen molar-refractivity contribution in [2.75, 3.05) is 6.61 Å². The number of allylic oxidation sites excluding steroid dienone is 1. The Morgan fingerprint density at radius 1 is 1.64 bits per heavy atom. The molecular weight excluding hydrogens is 184 g/mol. The van der Waals surface area contributed by atoms with Crippen LogP contribution >= 0.6 is 0 Å². The molecule has 0 radical (unpaired) electrons. The zero-order chi connectivity index (χ0) is 10.4. The van der Waals surface area contributed by atoms with Gasteiger partial charge < -0.3 is 14.3 Å². The van der Waals surface area contributed by atoms with Gasteiger partial charge in [-0.3, -0.25) is 0 Å². The van der Waals surface area contributed by atoms with Crippen molar-refractivity contribution >= 4 is 5.97 Å². The number of rotatable bonds is 5. The van der Waals surface area contributed by atoms with Gasteiger partial charge in [0.25, 0.3) is 0 Å². The van der Waals surface area contributed by atoms with Crippen LogP contribution in [0.2, 0.25) is 0 Å². The van der Waals surface area contributed by atoms with Gasteiger partial charge in [0, 0.05) is 0 Å². The summed E-state index contributed by atoms with van der Waals surface area (Å²) < 4.78 is 10.2. The number of aromatic carboxylic acids is 1. The smallest absolute Gasteiger partial charge is 0.371 e. The van der Waals surface area contributed by atoms with E-state index in [0.29, 0.717) is 12.4 Å². The summed E-state index contributed by atoms with van der Waals surface area (Å²) in [6.45, 7) is 2.69. The second kappa shape index (κ2) is 5.24. The van der Waals surface area contributed by atoms with Crippen molar-refractivity contribution in [3.63, 3.8) is 0 Å². The van der Waals surface area contributed by atoms with Gasteiger partial charge in [-0.15, -0.1) is 0 Å². The first-order valence-electron chi connectivity index (χ1n) is 4.25. The third kappa shape index (κ3) is 3.06. The van der Waals surface area contributed by atoms with Gasteiger partial charge in [0.1, 0.15) is 12.4 Å². The Kier molecular flexibility index (Phi) is 3.94. The fourth-order valence-corrected chi connectivity index (χ4v) is 0.894. The standard InChI is InChI=1S/C10H12O4/c1-2-3-6-13-7-8-4-5-9(14-8)10(11)12/h2-5H,6-7H2,1H3,(H,11,12). The van der Waals surface area contributed by atoms with Crippen LogP contribution in [0, 0.1) is 0 Å². The average molecular weight is 196 g/mol. The lowest BCUT2D eigenvalue weighted by Gasteiger charge is -1.96. The maximum Gasteiger partial charge on any atom is 0.371 e. The van der Waals surface area contributed by atoms with E-state index in [2.05, 4.69) is 0 Å². The minimum Gasteiger partial charge on any atom is -0.475 e. The van der Waals surface area contributed by atoms with Crippen molar-refractivity contribution in [2.24, 2.45) is 0 Å². The largest absolute Gasteiger partial charge is 0.475 e. The summed E-state index contributed by atoms with van der Waals surface area (Å²) in [4.78, 5) is 10.4. The maximum atomic E-state index is 10.4.